The topological polar surface area (TPSA) is 32.3 Å². The molecule has 0 radical (unpaired) electrons. The Bertz CT molecular complexity index is 401. The third-order valence-corrected chi connectivity index (χ3v) is 3.31. The first-order valence-electron chi connectivity index (χ1n) is 5.70. The number of nitrogens with one attached hydrogen (secondary N) is 1. The fraction of sp³-hybridized carbons (Fsp3) is 0.462. The molecule has 2 rings (SSSR count). The van der Waals surface area contributed by atoms with Gasteiger partial charge in [-0.3, -0.25) is 4.79 Å². The number of hydrogen-bond donors (Lipinski definition) is 1. The number of hydrogen-bond acceptors (Lipinski definition) is 2. The standard InChI is InChI=1S/C13H18N2O/c1-5-15-12-9(3)7-6-8(2)10(12)11(14-4)13(15)16/h6-7,11,14H,5H2,1-4H3. The van der Waals surface area contributed by atoms with E-state index in [1.807, 2.05) is 18.9 Å². The van der Waals surface area contributed by atoms with Crippen molar-refractivity contribution in [1.82, 2.24) is 5.32 Å². The van der Waals surface area contributed by atoms with Gasteiger partial charge in [0.05, 0.1) is 5.69 Å². The van der Waals surface area contributed by atoms with Crippen LogP contribution in [-0.4, -0.2) is 19.5 Å². The second kappa shape index (κ2) is 3.91. The summed E-state index contributed by atoms with van der Waals surface area (Å²) >= 11 is 0. The highest BCUT2D eigenvalue weighted by Gasteiger charge is 2.37. The zero-order valence-corrected chi connectivity index (χ0v) is 10.3. The molecule has 1 atom stereocenters. The van der Waals surface area contributed by atoms with Gasteiger partial charge in [-0.2, -0.15) is 0 Å². The van der Waals surface area contributed by atoms with Crippen molar-refractivity contribution in [3.8, 4) is 0 Å². The van der Waals surface area contributed by atoms with Gasteiger partial charge in [0.2, 0.25) is 5.91 Å². The normalized spacial score (nSPS) is 19.1. The van der Waals surface area contributed by atoms with Crippen LogP contribution in [0.25, 0.3) is 0 Å². The molecule has 0 aliphatic carbocycles. The number of benzene rings is 1. The molecule has 1 amide bonds. The Kier molecular flexibility index (Phi) is 2.72. The molecule has 1 aliphatic heterocycles. The van der Waals surface area contributed by atoms with E-state index in [2.05, 4.69) is 31.3 Å². The van der Waals surface area contributed by atoms with Gasteiger partial charge in [0, 0.05) is 12.1 Å². The Balaban J connectivity index is 2.67. The van der Waals surface area contributed by atoms with Gasteiger partial charge in [0.15, 0.2) is 0 Å². The molecule has 1 N–H and O–H groups in total. The van der Waals surface area contributed by atoms with Crippen LogP contribution in [0.4, 0.5) is 5.69 Å². The number of carbonyl (C=O) groups excluding carboxylic acids is 1. The summed E-state index contributed by atoms with van der Waals surface area (Å²) in [5.74, 6) is 0.164. The number of rotatable bonds is 2. The molecule has 0 aromatic heterocycles. The Morgan fingerprint density at radius 2 is 1.94 bits per heavy atom. The second-order valence-electron chi connectivity index (χ2n) is 4.27. The quantitative estimate of drug-likeness (QED) is 0.822. The van der Waals surface area contributed by atoms with Crippen LogP contribution in [0.3, 0.4) is 0 Å². The monoisotopic (exact) mass is 218 g/mol. The largest absolute Gasteiger partial charge is 0.310 e. The van der Waals surface area contributed by atoms with Crippen LogP contribution in [0.1, 0.15) is 29.7 Å². The molecular formula is C13H18N2O. The average molecular weight is 218 g/mol. The minimum Gasteiger partial charge on any atom is -0.310 e. The first-order valence-corrected chi connectivity index (χ1v) is 5.70. The minimum absolute atomic E-state index is 0.164. The summed E-state index contributed by atoms with van der Waals surface area (Å²) in [7, 11) is 1.84. The molecule has 86 valence electrons. The predicted molar refractivity (Wildman–Crippen MR) is 65.7 cm³/mol. The van der Waals surface area contributed by atoms with Crippen LogP contribution in [0.2, 0.25) is 0 Å². The van der Waals surface area contributed by atoms with Gasteiger partial charge in [-0.25, -0.2) is 0 Å². The fourth-order valence-corrected chi connectivity index (χ4v) is 2.51. The summed E-state index contributed by atoms with van der Waals surface area (Å²) in [5.41, 5.74) is 4.61. The zero-order valence-electron chi connectivity index (χ0n) is 10.3. The van der Waals surface area contributed by atoms with Crippen LogP contribution in [0, 0.1) is 13.8 Å². The summed E-state index contributed by atoms with van der Waals surface area (Å²) in [6, 6.07) is 4.00. The van der Waals surface area contributed by atoms with Crippen molar-refractivity contribution in [3.63, 3.8) is 0 Å². The number of nitrogens with zero attached hydrogens (tertiary/aromatic N) is 1. The van der Waals surface area contributed by atoms with E-state index in [9.17, 15) is 4.79 Å². The molecule has 0 saturated carbocycles. The van der Waals surface area contributed by atoms with E-state index >= 15 is 0 Å². The third-order valence-electron chi connectivity index (χ3n) is 3.31. The van der Waals surface area contributed by atoms with Crippen LogP contribution in [0.15, 0.2) is 12.1 Å². The molecular weight excluding hydrogens is 200 g/mol. The lowest BCUT2D eigenvalue weighted by Crippen LogP contribution is -2.33. The Hall–Kier alpha value is -1.35. The molecule has 0 saturated heterocycles. The van der Waals surface area contributed by atoms with Crippen molar-refractivity contribution >= 4 is 11.6 Å². The van der Waals surface area contributed by atoms with E-state index in [1.165, 1.54) is 11.1 Å². The highest BCUT2D eigenvalue weighted by molar-refractivity contribution is 6.05. The van der Waals surface area contributed by atoms with E-state index in [4.69, 9.17) is 0 Å². The molecule has 16 heavy (non-hydrogen) atoms. The highest BCUT2D eigenvalue weighted by Crippen LogP contribution is 2.39. The lowest BCUT2D eigenvalue weighted by atomic mass is 9.99. The Morgan fingerprint density at radius 3 is 2.50 bits per heavy atom. The molecule has 3 heteroatoms. The summed E-state index contributed by atoms with van der Waals surface area (Å²) < 4.78 is 0. The van der Waals surface area contributed by atoms with E-state index in [0.717, 1.165) is 17.8 Å². The number of fused-ring (bicyclic) bond motifs is 1. The number of aryl methyl sites for hydroxylation is 2. The number of amides is 1. The van der Waals surface area contributed by atoms with Crippen molar-refractivity contribution in [1.29, 1.82) is 0 Å². The van der Waals surface area contributed by atoms with Crippen LogP contribution >= 0.6 is 0 Å². The van der Waals surface area contributed by atoms with Crippen LogP contribution < -0.4 is 10.2 Å². The van der Waals surface area contributed by atoms with Crippen molar-refractivity contribution in [2.75, 3.05) is 18.5 Å². The third kappa shape index (κ3) is 1.35. The lowest BCUT2D eigenvalue weighted by Gasteiger charge is -2.17. The van der Waals surface area contributed by atoms with Gasteiger partial charge in [0.25, 0.3) is 0 Å². The molecule has 1 aromatic rings. The van der Waals surface area contributed by atoms with E-state index in [1.54, 1.807) is 0 Å². The smallest absolute Gasteiger partial charge is 0.248 e. The average Bonchev–Trinajstić information content (AvgIpc) is 2.57. The van der Waals surface area contributed by atoms with E-state index in [-0.39, 0.29) is 11.9 Å². The molecule has 0 spiro atoms. The number of likely N-dealkylation sites (N-methyl/N-ethyl adjacent to an activating group) is 2. The van der Waals surface area contributed by atoms with Crippen LogP contribution in [-0.2, 0) is 4.79 Å². The first-order chi connectivity index (χ1) is 7.61. The molecule has 1 heterocycles. The summed E-state index contributed by atoms with van der Waals surface area (Å²) in [6.45, 7) is 6.87. The van der Waals surface area contributed by atoms with Crippen LogP contribution in [0.5, 0.6) is 0 Å². The molecule has 1 aliphatic rings. The molecule has 0 fully saturated rings. The van der Waals surface area contributed by atoms with Gasteiger partial charge in [-0.15, -0.1) is 0 Å². The summed E-state index contributed by atoms with van der Waals surface area (Å²) in [6.07, 6.45) is 0. The van der Waals surface area contributed by atoms with Gasteiger partial charge in [-0.1, -0.05) is 12.1 Å². The van der Waals surface area contributed by atoms with Gasteiger partial charge in [-0.05, 0) is 38.9 Å². The van der Waals surface area contributed by atoms with E-state index < -0.39 is 0 Å². The minimum atomic E-state index is -0.171. The maximum atomic E-state index is 12.2. The second-order valence-corrected chi connectivity index (χ2v) is 4.27. The van der Waals surface area contributed by atoms with Crippen molar-refractivity contribution in [2.24, 2.45) is 0 Å². The molecule has 1 aromatic carbocycles. The zero-order chi connectivity index (χ0) is 11.9. The lowest BCUT2D eigenvalue weighted by molar-refractivity contribution is -0.119. The molecule has 1 unspecified atom stereocenters. The number of carbonyl (C=O) groups is 1. The molecule has 0 bridgehead atoms. The number of anilines is 1. The van der Waals surface area contributed by atoms with E-state index in [0.29, 0.717) is 0 Å². The van der Waals surface area contributed by atoms with Crippen molar-refractivity contribution < 1.29 is 4.79 Å². The van der Waals surface area contributed by atoms with Gasteiger partial charge < -0.3 is 10.2 Å². The summed E-state index contributed by atoms with van der Waals surface area (Å²) in [4.78, 5) is 14.1. The fourth-order valence-electron chi connectivity index (χ4n) is 2.51. The first kappa shape index (κ1) is 11.1. The van der Waals surface area contributed by atoms with Crippen molar-refractivity contribution in [2.45, 2.75) is 26.8 Å². The van der Waals surface area contributed by atoms with Crippen molar-refractivity contribution in [3.05, 3.63) is 28.8 Å². The Morgan fingerprint density at radius 1 is 1.31 bits per heavy atom. The maximum Gasteiger partial charge on any atom is 0.248 e. The maximum absolute atomic E-state index is 12.2. The Labute approximate surface area is 96.5 Å². The predicted octanol–water partition coefficient (Wildman–Crippen LogP) is 1.93. The highest BCUT2D eigenvalue weighted by atomic mass is 16.2. The molecule has 3 nitrogen and oxygen atoms in total. The summed E-state index contributed by atoms with van der Waals surface area (Å²) in [5, 5.41) is 3.11. The SMILES string of the molecule is CCN1C(=O)C(NC)c2c(C)ccc(C)c21. The van der Waals surface area contributed by atoms with Gasteiger partial charge >= 0.3 is 0 Å². The van der Waals surface area contributed by atoms with Gasteiger partial charge in [0.1, 0.15) is 6.04 Å².